The third-order valence-corrected chi connectivity index (χ3v) is 12.8. The Labute approximate surface area is 323 Å². The molecule has 0 fully saturated rings. The monoisotopic (exact) mass is 711 g/mol. The van der Waals surface area contributed by atoms with E-state index in [2.05, 4.69) is 198 Å². The minimum Gasteiger partial charge on any atom is -0.340 e. The van der Waals surface area contributed by atoms with E-state index >= 15 is 0 Å². The van der Waals surface area contributed by atoms with E-state index in [4.69, 9.17) is 4.99 Å². The quantitative estimate of drug-likeness (QED) is 0.178. The molecule has 0 saturated carbocycles. The molecule has 10 aromatic rings. The maximum atomic E-state index is 5.85. The minimum atomic E-state index is -0.422. The topological polar surface area (TPSA) is 29.3 Å². The molecule has 1 aliphatic heterocycles. The van der Waals surface area contributed by atoms with Crippen LogP contribution in [0.25, 0.3) is 65.6 Å². The van der Waals surface area contributed by atoms with Crippen molar-refractivity contribution in [3.8, 4) is 22.3 Å². The van der Waals surface area contributed by atoms with Crippen molar-refractivity contribution in [3.63, 3.8) is 0 Å². The van der Waals surface area contributed by atoms with Gasteiger partial charge in [0.25, 0.3) is 0 Å². The highest BCUT2D eigenvalue weighted by Gasteiger charge is 2.52. The number of anilines is 1. The average molecular weight is 712 g/mol. The van der Waals surface area contributed by atoms with Crippen LogP contribution in [0.1, 0.15) is 39.5 Å². The lowest BCUT2D eigenvalue weighted by atomic mass is 9.70. The van der Waals surface area contributed by atoms with Crippen LogP contribution in [0.4, 0.5) is 5.69 Å². The molecule has 260 valence electrons. The number of nitrogens with one attached hydrogen (secondary N) is 1. The van der Waals surface area contributed by atoms with Gasteiger partial charge in [0.15, 0.2) is 6.17 Å². The van der Waals surface area contributed by atoms with Gasteiger partial charge in [0.1, 0.15) is 5.84 Å². The van der Waals surface area contributed by atoms with Crippen molar-refractivity contribution in [2.24, 2.45) is 4.99 Å². The zero-order valence-corrected chi connectivity index (χ0v) is 30.4. The maximum absolute atomic E-state index is 5.85. The van der Waals surface area contributed by atoms with Crippen LogP contribution in [-0.4, -0.2) is 10.4 Å². The van der Waals surface area contributed by atoms with Gasteiger partial charge in [-0.15, -0.1) is 0 Å². The zero-order chi connectivity index (χ0) is 36.5. The van der Waals surface area contributed by atoms with Crippen molar-refractivity contribution in [2.45, 2.75) is 11.6 Å². The first kappa shape index (κ1) is 30.1. The zero-order valence-electron chi connectivity index (χ0n) is 30.4. The number of hydrogen-bond donors (Lipinski definition) is 1. The summed E-state index contributed by atoms with van der Waals surface area (Å²) < 4.78 is 2.52. The maximum Gasteiger partial charge on any atom is 0.155 e. The molecule has 0 bridgehead atoms. The molecule has 0 radical (unpaired) electrons. The fraction of sp³-hybridized carbons (Fsp3) is 0.0377. The van der Waals surface area contributed by atoms with Gasteiger partial charge < -0.3 is 9.88 Å². The van der Waals surface area contributed by atoms with E-state index in [1.165, 1.54) is 87.9 Å². The smallest absolute Gasteiger partial charge is 0.155 e. The Hall–Kier alpha value is -7.23. The van der Waals surface area contributed by atoms with Gasteiger partial charge in [-0.3, -0.25) is 0 Å². The van der Waals surface area contributed by atoms with Crippen LogP contribution >= 0.6 is 0 Å². The Morgan fingerprint density at radius 1 is 0.429 bits per heavy atom. The van der Waals surface area contributed by atoms with Crippen molar-refractivity contribution < 1.29 is 0 Å². The van der Waals surface area contributed by atoms with Gasteiger partial charge in [-0.05, 0) is 72.8 Å². The molecule has 1 aromatic heterocycles. The van der Waals surface area contributed by atoms with Crippen molar-refractivity contribution in [1.29, 1.82) is 0 Å². The second-order valence-electron chi connectivity index (χ2n) is 15.4. The van der Waals surface area contributed by atoms with E-state index in [0.717, 1.165) is 22.6 Å². The van der Waals surface area contributed by atoms with E-state index in [-0.39, 0.29) is 6.17 Å². The molecule has 0 amide bonds. The Morgan fingerprint density at radius 3 is 1.70 bits per heavy atom. The number of fused-ring (bicyclic) bond motifs is 19. The second kappa shape index (κ2) is 10.9. The van der Waals surface area contributed by atoms with Crippen molar-refractivity contribution in [2.75, 3.05) is 5.32 Å². The standard InChI is InChI=1S/C53H33N3/c1-3-20-36-32(16-1)33-17-2-4-21-37(33)50-49(36)40-24-9-14-31-47(40)56(50)52-39-23-8-13-30-46(39)54-51(55-52)41-25-15-29-45-48(41)38-22-7-12-28-44(38)53(45)42-26-10-5-18-34(42)35-19-6-11-27-43(35)53/h1-31,52H,(H,54,55). The molecule has 56 heavy (non-hydrogen) atoms. The van der Waals surface area contributed by atoms with Gasteiger partial charge in [-0.1, -0.05) is 176 Å². The van der Waals surface area contributed by atoms with Gasteiger partial charge in [-0.2, -0.15) is 0 Å². The van der Waals surface area contributed by atoms with Gasteiger partial charge in [-0.25, -0.2) is 4.99 Å². The lowest BCUT2D eigenvalue weighted by Crippen LogP contribution is -2.27. The molecule has 3 heteroatoms. The van der Waals surface area contributed by atoms with Crippen LogP contribution in [0, 0.1) is 0 Å². The fourth-order valence-corrected chi connectivity index (χ4v) is 10.8. The summed E-state index contributed by atoms with van der Waals surface area (Å²) in [4.78, 5) is 5.85. The Balaban J connectivity index is 1.13. The molecule has 2 heterocycles. The predicted octanol–water partition coefficient (Wildman–Crippen LogP) is 12.9. The van der Waals surface area contributed by atoms with Gasteiger partial charge >= 0.3 is 0 Å². The van der Waals surface area contributed by atoms with Crippen LogP contribution in [0.5, 0.6) is 0 Å². The summed E-state index contributed by atoms with van der Waals surface area (Å²) in [7, 11) is 0. The van der Waals surface area contributed by atoms with E-state index in [9.17, 15) is 0 Å². The molecule has 1 N–H and O–H groups in total. The van der Waals surface area contributed by atoms with Crippen LogP contribution in [-0.2, 0) is 5.41 Å². The first-order valence-corrected chi connectivity index (χ1v) is 19.5. The number of amidine groups is 1. The van der Waals surface area contributed by atoms with Gasteiger partial charge in [0, 0.05) is 33.0 Å². The molecular weight excluding hydrogens is 679 g/mol. The number of hydrogen-bond acceptors (Lipinski definition) is 2. The summed E-state index contributed by atoms with van der Waals surface area (Å²) in [6.45, 7) is 0. The third kappa shape index (κ3) is 3.65. The summed E-state index contributed by atoms with van der Waals surface area (Å²) in [5.74, 6) is 0.882. The highest BCUT2D eigenvalue weighted by atomic mass is 15.2. The first-order valence-electron chi connectivity index (χ1n) is 19.5. The molecule has 1 atom stereocenters. The third-order valence-electron chi connectivity index (χ3n) is 12.8. The van der Waals surface area contributed by atoms with Crippen LogP contribution < -0.4 is 5.32 Å². The molecule has 1 spiro atoms. The van der Waals surface area contributed by atoms with Crippen molar-refractivity contribution in [1.82, 2.24) is 4.57 Å². The van der Waals surface area contributed by atoms with E-state index in [1.54, 1.807) is 0 Å². The summed E-state index contributed by atoms with van der Waals surface area (Å²) in [5.41, 5.74) is 15.8. The van der Waals surface area contributed by atoms with Gasteiger partial charge in [0.2, 0.25) is 0 Å². The van der Waals surface area contributed by atoms with Crippen molar-refractivity contribution in [3.05, 3.63) is 221 Å². The average Bonchev–Trinajstić information content (AvgIpc) is 3.89. The molecule has 1 unspecified atom stereocenters. The Morgan fingerprint density at radius 2 is 0.946 bits per heavy atom. The lowest BCUT2D eigenvalue weighted by molar-refractivity contribution is 0.653. The van der Waals surface area contributed by atoms with E-state index in [0.29, 0.717) is 0 Å². The Kier molecular flexibility index (Phi) is 5.88. The number of benzene rings is 9. The number of rotatable bonds is 2. The van der Waals surface area contributed by atoms with Crippen molar-refractivity contribution >= 4 is 54.9 Å². The predicted molar refractivity (Wildman–Crippen MR) is 232 cm³/mol. The number of para-hydroxylation sites is 2. The molecule has 3 nitrogen and oxygen atoms in total. The summed E-state index contributed by atoms with van der Waals surface area (Å²) in [5, 5.41) is 11.4. The second-order valence-corrected chi connectivity index (χ2v) is 15.4. The number of aromatic nitrogens is 1. The molecular formula is C53H33N3. The number of nitrogens with zero attached hydrogens (tertiary/aromatic N) is 2. The molecule has 3 aliphatic rings. The lowest BCUT2D eigenvalue weighted by Gasteiger charge is -2.31. The first-order chi connectivity index (χ1) is 27.8. The minimum absolute atomic E-state index is 0.316. The highest BCUT2D eigenvalue weighted by molar-refractivity contribution is 6.32. The largest absolute Gasteiger partial charge is 0.340 e. The van der Waals surface area contributed by atoms with Crippen LogP contribution in [0.3, 0.4) is 0 Å². The molecule has 13 rings (SSSR count). The molecule has 2 aliphatic carbocycles. The van der Waals surface area contributed by atoms with E-state index in [1.807, 2.05) is 0 Å². The molecule has 0 saturated heterocycles. The van der Waals surface area contributed by atoms with Crippen LogP contribution in [0.15, 0.2) is 193 Å². The fourth-order valence-electron chi connectivity index (χ4n) is 10.8. The molecule has 9 aromatic carbocycles. The summed E-state index contributed by atoms with van der Waals surface area (Å²) in [6, 6.07) is 69.3. The van der Waals surface area contributed by atoms with Gasteiger partial charge in [0.05, 0.1) is 16.4 Å². The summed E-state index contributed by atoms with van der Waals surface area (Å²) >= 11 is 0. The van der Waals surface area contributed by atoms with E-state index < -0.39 is 5.41 Å². The normalized spacial score (nSPS) is 15.7. The summed E-state index contributed by atoms with van der Waals surface area (Å²) in [6.07, 6.45) is -0.316. The SMILES string of the molecule is c1ccc2c(c1)NC(c1cccc3c1-c1ccccc1C31c3ccccc3-c3ccccc31)=NC2n1c2ccccc2c2c3ccccc3c3ccccc3c21. The van der Waals surface area contributed by atoms with Crippen LogP contribution in [0.2, 0.25) is 0 Å². The Bertz CT molecular complexity index is 3320. The number of aliphatic imine (C=N–C) groups is 1. The highest BCUT2D eigenvalue weighted by Crippen LogP contribution is 2.63.